The lowest BCUT2D eigenvalue weighted by atomic mass is 10.2. The SMILES string of the molecule is CC(C)(C)[Si](OC[C@@H]1CCC(n2ccc(N)nc2=O)O1)(c1ccccc1)c1ccccc1. The van der Waals surface area contributed by atoms with Gasteiger partial charge in [0.25, 0.3) is 8.32 Å². The van der Waals surface area contributed by atoms with Crippen LogP contribution in [0.5, 0.6) is 0 Å². The third-order valence-corrected chi connectivity index (χ3v) is 11.2. The smallest absolute Gasteiger partial charge is 0.351 e. The Morgan fingerprint density at radius 1 is 1.03 bits per heavy atom. The molecule has 1 saturated heterocycles. The number of hydrogen-bond donors (Lipinski definition) is 1. The highest BCUT2D eigenvalue weighted by Crippen LogP contribution is 2.37. The molecule has 1 aromatic heterocycles. The Balaban J connectivity index is 1.61. The molecule has 3 aromatic rings. The first-order valence-corrected chi connectivity index (χ1v) is 13.0. The fourth-order valence-electron chi connectivity index (χ4n) is 4.64. The average Bonchev–Trinajstić information content (AvgIpc) is 3.23. The molecule has 0 bridgehead atoms. The van der Waals surface area contributed by atoms with Gasteiger partial charge >= 0.3 is 5.69 Å². The average molecular weight is 450 g/mol. The molecule has 2 aromatic carbocycles. The molecule has 1 fully saturated rings. The highest BCUT2D eigenvalue weighted by Gasteiger charge is 2.50. The van der Waals surface area contributed by atoms with Crippen molar-refractivity contribution in [3.05, 3.63) is 83.4 Å². The van der Waals surface area contributed by atoms with Crippen molar-refractivity contribution in [1.29, 1.82) is 0 Å². The first kappa shape index (κ1) is 22.5. The third-order valence-electron chi connectivity index (χ3n) is 6.15. The highest BCUT2D eigenvalue weighted by molar-refractivity contribution is 6.99. The van der Waals surface area contributed by atoms with E-state index >= 15 is 0 Å². The Labute approximate surface area is 190 Å². The van der Waals surface area contributed by atoms with Crippen LogP contribution in [0, 0.1) is 0 Å². The summed E-state index contributed by atoms with van der Waals surface area (Å²) in [6.45, 7) is 7.26. The number of nitrogens with two attached hydrogens (primary N) is 1. The molecule has 4 rings (SSSR count). The number of aromatic nitrogens is 2. The zero-order valence-electron chi connectivity index (χ0n) is 18.9. The number of nitrogen functional groups attached to an aromatic ring is 1. The van der Waals surface area contributed by atoms with Gasteiger partial charge in [0.2, 0.25) is 0 Å². The number of anilines is 1. The fourth-order valence-corrected chi connectivity index (χ4v) is 9.23. The van der Waals surface area contributed by atoms with Crippen LogP contribution >= 0.6 is 0 Å². The van der Waals surface area contributed by atoms with E-state index in [2.05, 4.69) is 74.3 Å². The van der Waals surface area contributed by atoms with Crippen molar-refractivity contribution < 1.29 is 9.16 Å². The fraction of sp³-hybridized carbons (Fsp3) is 0.360. The van der Waals surface area contributed by atoms with Crippen LogP contribution < -0.4 is 21.8 Å². The summed E-state index contributed by atoms with van der Waals surface area (Å²) < 4.78 is 14.7. The molecule has 0 spiro atoms. The lowest BCUT2D eigenvalue weighted by molar-refractivity contribution is -0.0214. The molecule has 2 N–H and O–H groups in total. The second-order valence-corrected chi connectivity index (χ2v) is 13.6. The molecular weight excluding hydrogens is 418 g/mol. The van der Waals surface area contributed by atoms with Crippen molar-refractivity contribution in [3.8, 4) is 0 Å². The van der Waals surface area contributed by atoms with Crippen molar-refractivity contribution in [1.82, 2.24) is 9.55 Å². The number of ether oxygens (including phenoxy) is 1. The number of benzene rings is 2. The second kappa shape index (κ2) is 9.01. The predicted molar refractivity (Wildman–Crippen MR) is 130 cm³/mol. The monoisotopic (exact) mass is 449 g/mol. The van der Waals surface area contributed by atoms with E-state index in [9.17, 15) is 4.79 Å². The summed E-state index contributed by atoms with van der Waals surface area (Å²) in [5.41, 5.74) is 5.23. The zero-order valence-corrected chi connectivity index (χ0v) is 19.9. The van der Waals surface area contributed by atoms with Gasteiger partial charge in [-0.05, 0) is 34.3 Å². The van der Waals surface area contributed by atoms with Crippen LogP contribution in [0.2, 0.25) is 5.04 Å². The van der Waals surface area contributed by atoms with Gasteiger partial charge in [-0.3, -0.25) is 4.57 Å². The lowest BCUT2D eigenvalue weighted by Gasteiger charge is -2.43. The topological polar surface area (TPSA) is 79.4 Å². The first-order chi connectivity index (χ1) is 15.3. The molecule has 32 heavy (non-hydrogen) atoms. The first-order valence-electron chi connectivity index (χ1n) is 11.1. The summed E-state index contributed by atoms with van der Waals surface area (Å²) in [6, 6.07) is 22.8. The lowest BCUT2D eigenvalue weighted by Crippen LogP contribution is -2.67. The van der Waals surface area contributed by atoms with E-state index in [-0.39, 0.29) is 28.9 Å². The van der Waals surface area contributed by atoms with Crippen LogP contribution in [-0.2, 0) is 9.16 Å². The second-order valence-electron chi connectivity index (χ2n) is 9.31. The van der Waals surface area contributed by atoms with Gasteiger partial charge in [0.05, 0.1) is 12.7 Å². The van der Waals surface area contributed by atoms with Crippen molar-refractivity contribution in [2.75, 3.05) is 12.3 Å². The normalized spacial score (nSPS) is 19.2. The Morgan fingerprint density at radius 2 is 1.62 bits per heavy atom. The van der Waals surface area contributed by atoms with E-state index in [0.717, 1.165) is 12.8 Å². The van der Waals surface area contributed by atoms with E-state index < -0.39 is 8.32 Å². The zero-order chi connectivity index (χ0) is 22.8. The molecule has 6 nitrogen and oxygen atoms in total. The van der Waals surface area contributed by atoms with Crippen molar-refractivity contribution in [2.24, 2.45) is 0 Å². The highest BCUT2D eigenvalue weighted by atomic mass is 28.4. The number of hydrogen-bond acceptors (Lipinski definition) is 5. The maximum atomic E-state index is 12.2. The summed E-state index contributed by atoms with van der Waals surface area (Å²) in [4.78, 5) is 16.0. The molecular formula is C25H31N3O3Si. The minimum Gasteiger partial charge on any atom is -0.405 e. The molecule has 1 aliphatic heterocycles. The van der Waals surface area contributed by atoms with Crippen LogP contribution in [-0.4, -0.2) is 30.6 Å². The van der Waals surface area contributed by atoms with Gasteiger partial charge in [-0.2, -0.15) is 4.98 Å². The van der Waals surface area contributed by atoms with Gasteiger partial charge in [0, 0.05) is 6.20 Å². The Bertz CT molecular complexity index is 1060. The standard InChI is InChI=1S/C25H31N3O3Si/c1-25(2,3)32(20-10-6-4-7-11-20,21-12-8-5-9-13-21)30-18-19-14-15-23(31-19)28-17-16-22(26)27-24(28)29/h4-13,16-17,19,23H,14-15,18H2,1-3H3,(H2,26,27,29)/t19-,23?/m0/s1. The van der Waals surface area contributed by atoms with Gasteiger partial charge in [-0.25, -0.2) is 4.79 Å². The molecule has 2 heterocycles. The molecule has 1 unspecified atom stereocenters. The van der Waals surface area contributed by atoms with Crippen LogP contribution in [0.15, 0.2) is 77.7 Å². The van der Waals surface area contributed by atoms with Crippen molar-refractivity contribution in [3.63, 3.8) is 0 Å². The summed E-state index contributed by atoms with van der Waals surface area (Å²) in [6.07, 6.45) is 2.77. The molecule has 0 saturated carbocycles. The van der Waals surface area contributed by atoms with E-state index in [4.69, 9.17) is 14.9 Å². The van der Waals surface area contributed by atoms with Gasteiger partial charge in [0.15, 0.2) is 0 Å². The number of nitrogens with zero attached hydrogens (tertiary/aromatic N) is 2. The minimum absolute atomic E-state index is 0.0916. The summed E-state index contributed by atoms with van der Waals surface area (Å²) >= 11 is 0. The Hall–Kier alpha value is -2.74. The summed E-state index contributed by atoms with van der Waals surface area (Å²) in [5, 5.41) is 2.39. The number of rotatable bonds is 6. The molecule has 1 aliphatic rings. The summed E-state index contributed by atoms with van der Waals surface area (Å²) in [7, 11) is -2.61. The quantitative estimate of drug-likeness (QED) is 0.585. The third kappa shape index (κ3) is 4.28. The maximum absolute atomic E-state index is 12.2. The van der Waals surface area contributed by atoms with Gasteiger partial charge < -0.3 is 14.9 Å². The van der Waals surface area contributed by atoms with Crippen LogP contribution in [0.25, 0.3) is 0 Å². The van der Waals surface area contributed by atoms with E-state index in [1.807, 2.05) is 12.1 Å². The Kier molecular flexibility index (Phi) is 6.32. The predicted octanol–water partition coefficient (Wildman–Crippen LogP) is 3.08. The minimum atomic E-state index is -2.61. The van der Waals surface area contributed by atoms with Crippen LogP contribution in [0.3, 0.4) is 0 Å². The van der Waals surface area contributed by atoms with E-state index in [1.165, 1.54) is 14.9 Å². The molecule has 0 amide bonds. The van der Waals surface area contributed by atoms with E-state index in [1.54, 1.807) is 12.3 Å². The summed E-state index contributed by atoms with van der Waals surface area (Å²) in [5.74, 6) is 0.218. The van der Waals surface area contributed by atoms with Crippen molar-refractivity contribution >= 4 is 24.5 Å². The molecule has 7 heteroatoms. The van der Waals surface area contributed by atoms with Crippen molar-refractivity contribution in [2.45, 2.75) is 51.0 Å². The largest absolute Gasteiger partial charge is 0.405 e. The molecule has 0 radical (unpaired) electrons. The molecule has 168 valence electrons. The maximum Gasteiger partial charge on any atom is 0.351 e. The van der Waals surface area contributed by atoms with Gasteiger partial charge in [0.1, 0.15) is 12.0 Å². The van der Waals surface area contributed by atoms with E-state index in [0.29, 0.717) is 6.61 Å². The molecule has 2 atom stereocenters. The van der Waals surface area contributed by atoms with Crippen LogP contribution in [0.4, 0.5) is 5.82 Å². The Morgan fingerprint density at radius 3 is 2.16 bits per heavy atom. The molecule has 0 aliphatic carbocycles. The van der Waals surface area contributed by atoms with Gasteiger partial charge in [-0.15, -0.1) is 0 Å². The van der Waals surface area contributed by atoms with Gasteiger partial charge in [-0.1, -0.05) is 81.4 Å². The van der Waals surface area contributed by atoms with Crippen LogP contribution in [0.1, 0.15) is 39.8 Å².